The molecule has 0 saturated carbocycles. The molecule has 0 aliphatic carbocycles. The van der Waals surface area contributed by atoms with Gasteiger partial charge in [-0.15, -0.1) is 11.3 Å². The number of nitrogens with one attached hydrogen (secondary N) is 1. The van der Waals surface area contributed by atoms with Crippen molar-refractivity contribution in [2.24, 2.45) is 5.92 Å². The van der Waals surface area contributed by atoms with Crippen LogP contribution < -0.4 is 5.32 Å². The average Bonchev–Trinajstić information content (AvgIpc) is 2.88. The van der Waals surface area contributed by atoms with Crippen LogP contribution in [0.1, 0.15) is 41.1 Å². The third-order valence-electron chi connectivity index (χ3n) is 3.50. The molecule has 1 aromatic carbocycles. The van der Waals surface area contributed by atoms with Crippen LogP contribution in [0.4, 0.5) is 5.69 Å². The first-order valence-electron chi connectivity index (χ1n) is 7.15. The van der Waals surface area contributed by atoms with E-state index in [9.17, 15) is 4.79 Å². The number of amides is 1. The molecule has 2 heterocycles. The van der Waals surface area contributed by atoms with E-state index in [1.54, 1.807) is 11.3 Å². The van der Waals surface area contributed by atoms with E-state index >= 15 is 0 Å². The molecule has 1 aromatic heterocycles. The molecule has 0 spiro atoms. The Morgan fingerprint density at radius 2 is 2.14 bits per heavy atom. The van der Waals surface area contributed by atoms with Crippen LogP contribution >= 0.6 is 11.3 Å². The Balaban J connectivity index is 2.02. The number of rotatable bonds is 3. The molecule has 2 aromatic rings. The van der Waals surface area contributed by atoms with Crippen LogP contribution in [0.2, 0.25) is 0 Å². The highest BCUT2D eigenvalue weighted by Gasteiger charge is 2.34. The number of hydrogen-bond donors (Lipinski definition) is 1. The quantitative estimate of drug-likeness (QED) is 0.940. The molecule has 3 rings (SSSR count). The summed E-state index contributed by atoms with van der Waals surface area (Å²) in [7, 11) is 0. The third kappa shape index (κ3) is 2.65. The van der Waals surface area contributed by atoms with Crippen molar-refractivity contribution in [2.75, 3.05) is 11.9 Å². The second-order valence-electron chi connectivity index (χ2n) is 5.74. The molecule has 21 heavy (non-hydrogen) atoms. The van der Waals surface area contributed by atoms with Gasteiger partial charge in [0.15, 0.2) is 0 Å². The van der Waals surface area contributed by atoms with Crippen molar-refractivity contribution >= 4 is 22.9 Å². The molecule has 1 amide bonds. The number of thiazole rings is 1. The zero-order valence-corrected chi connectivity index (χ0v) is 13.3. The lowest BCUT2D eigenvalue weighted by Crippen LogP contribution is -2.44. The maximum Gasteiger partial charge on any atom is 0.257 e. The van der Waals surface area contributed by atoms with Crippen molar-refractivity contribution in [3.63, 3.8) is 0 Å². The molecular formula is C16H19N3OS. The van der Waals surface area contributed by atoms with Crippen LogP contribution in [-0.2, 0) is 0 Å². The first-order chi connectivity index (χ1) is 10.1. The lowest BCUT2D eigenvalue weighted by molar-refractivity contribution is 0.0654. The minimum Gasteiger partial charge on any atom is -0.359 e. The largest absolute Gasteiger partial charge is 0.359 e. The summed E-state index contributed by atoms with van der Waals surface area (Å²) < 4.78 is 0. The molecular weight excluding hydrogens is 282 g/mol. The molecule has 0 saturated heterocycles. The van der Waals surface area contributed by atoms with E-state index in [1.165, 1.54) is 0 Å². The zero-order valence-electron chi connectivity index (χ0n) is 12.5. The molecule has 0 fully saturated rings. The molecule has 1 N–H and O–H groups in total. The number of nitrogens with zero attached hydrogens (tertiary/aromatic N) is 2. The Morgan fingerprint density at radius 3 is 2.81 bits per heavy atom. The van der Waals surface area contributed by atoms with Gasteiger partial charge in [-0.05, 0) is 25.0 Å². The topological polar surface area (TPSA) is 45.2 Å². The van der Waals surface area contributed by atoms with Crippen molar-refractivity contribution < 1.29 is 4.79 Å². The fraction of sp³-hybridized carbons (Fsp3) is 0.375. The summed E-state index contributed by atoms with van der Waals surface area (Å²) in [6.45, 7) is 6.94. The Labute approximate surface area is 128 Å². The van der Waals surface area contributed by atoms with Gasteiger partial charge in [0.25, 0.3) is 5.91 Å². The van der Waals surface area contributed by atoms with Gasteiger partial charge in [0.1, 0.15) is 6.17 Å². The third-order valence-corrected chi connectivity index (χ3v) is 4.29. The van der Waals surface area contributed by atoms with Crippen LogP contribution in [0.5, 0.6) is 0 Å². The van der Waals surface area contributed by atoms with Gasteiger partial charge in [-0.25, -0.2) is 4.98 Å². The first-order valence-corrected chi connectivity index (χ1v) is 8.03. The van der Waals surface area contributed by atoms with E-state index < -0.39 is 0 Å². The summed E-state index contributed by atoms with van der Waals surface area (Å²) in [5.41, 5.74) is 2.54. The summed E-state index contributed by atoms with van der Waals surface area (Å²) in [6.07, 6.45) is -0.181. The average molecular weight is 301 g/mol. The number of anilines is 1. The lowest BCUT2D eigenvalue weighted by Gasteiger charge is -2.38. The number of para-hydroxylation sites is 1. The number of fused-ring (bicyclic) bond motifs is 1. The smallest absolute Gasteiger partial charge is 0.257 e. The van der Waals surface area contributed by atoms with Gasteiger partial charge in [-0.2, -0.15) is 0 Å². The maximum atomic E-state index is 12.8. The Hall–Kier alpha value is -1.88. The van der Waals surface area contributed by atoms with Crippen molar-refractivity contribution in [1.82, 2.24) is 9.88 Å². The predicted molar refractivity (Wildman–Crippen MR) is 85.5 cm³/mol. The Morgan fingerprint density at radius 1 is 1.38 bits per heavy atom. The van der Waals surface area contributed by atoms with E-state index in [0.29, 0.717) is 12.5 Å². The van der Waals surface area contributed by atoms with Crippen LogP contribution in [0.15, 0.2) is 29.6 Å². The van der Waals surface area contributed by atoms with Crippen molar-refractivity contribution in [3.05, 3.63) is 45.9 Å². The van der Waals surface area contributed by atoms with Crippen LogP contribution in [-0.4, -0.2) is 22.3 Å². The van der Waals surface area contributed by atoms with Gasteiger partial charge in [-0.3, -0.25) is 4.79 Å². The number of aryl methyl sites for hydroxylation is 1. The van der Waals surface area contributed by atoms with Gasteiger partial charge >= 0.3 is 0 Å². The van der Waals surface area contributed by atoms with Gasteiger partial charge in [0, 0.05) is 17.6 Å². The summed E-state index contributed by atoms with van der Waals surface area (Å²) in [5.74, 6) is 0.483. The number of carbonyl (C=O) groups is 1. The monoisotopic (exact) mass is 301 g/mol. The molecule has 1 atom stereocenters. The highest BCUT2D eigenvalue weighted by Crippen LogP contribution is 2.33. The zero-order chi connectivity index (χ0) is 15.0. The second kappa shape index (κ2) is 5.48. The lowest BCUT2D eigenvalue weighted by atomic mass is 10.0. The molecule has 4 nitrogen and oxygen atoms in total. The Bertz CT molecular complexity index is 665. The van der Waals surface area contributed by atoms with Gasteiger partial charge in [0.05, 0.1) is 16.3 Å². The first kappa shape index (κ1) is 14.1. The number of carbonyl (C=O) groups excluding carboxylic acids is 1. The molecule has 1 aliphatic heterocycles. The second-order valence-corrected chi connectivity index (χ2v) is 6.80. The molecule has 1 aliphatic rings. The van der Waals surface area contributed by atoms with E-state index in [0.717, 1.165) is 22.0 Å². The normalized spacial score (nSPS) is 17.8. The summed E-state index contributed by atoms with van der Waals surface area (Å²) >= 11 is 1.61. The minimum atomic E-state index is -0.181. The van der Waals surface area contributed by atoms with Crippen molar-refractivity contribution in [1.29, 1.82) is 0 Å². The molecule has 0 radical (unpaired) electrons. The van der Waals surface area contributed by atoms with Crippen molar-refractivity contribution in [2.45, 2.75) is 26.9 Å². The van der Waals surface area contributed by atoms with Gasteiger partial charge < -0.3 is 10.2 Å². The molecule has 110 valence electrons. The maximum absolute atomic E-state index is 12.8. The van der Waals surface area contributed by atoms with Crippen LogP contribution in [0, 0.1) is 12.8 Å². The SMILES string of the molecule is Cc1nc(C2Nc3ccccc3C(=O)N2CC(C)C)cs1. The van der Waals surface area contributed by atoms with E-state index in [4.69, 9.17) is 0 Å². The molecule has 5 heteroatoms. The highest BCUT2D eigenvalue weighted by molar-refractivity contribution is 7.09. The number of benzene rings is 1. The summed E-state index contributed by atoms with van der Waals surface area (Å²) in [5, 5.41) is 6.51. The van der Waals surface area contributed by atoms with Gasteiger partial charge in [-0.1, -0.05) is 26.0 Å². The predicted octanol–water partition coefficient (Wildman–Crippen LogP) is 3.67. The fourth-order valence-corrected chi connectivity index (χ4v) is 3.24. The van der Waals surface area contributed by atoms with Crippen LogP contribution in [0.25, 0.3) is 0 Å². The van der Waals surface area contributed by atoms with E-state index in [1.807, 2.05) is 41.5 Å². The van der Waals surface area contributed by atoms with Gasteiger partial charge in [0.2, 0.25) is 0 Å². The highest BCUT2D eigenvalue weighted by atomic mass is 32.1. The number of hydrogen-bond acceptors (Lipinski definition) is 4. The number of aromatic nitrogens is 1. The van der Waals surface area contributed by atoms with E-state index in [2.05, 4.69) is 24.1 Å². The van der Waals surface area contributed by atoms with E-state index in [-0.39, 0.29) is 12.1 Å². The summed E-state index contributed by atoms with van der Waals surface area (Å²) in [6, 6.07) is 7.67. The fourth-order valence-electron chi connectivity index (χ4n) is 2.61. The summed E-state index contributed by atoms with van der Waals surface area (Å²) in [4.78, 5) is 19.3. The molecule has 1 unspecified atom stereocenters. The molecule has 0 bridgehead atoms. The van der Waals surface area contributed by atoms with Crippen LogP contribution in [0.3, 0.4) is 0 Å². The Kier molecular flexibility index (Phi) is 3.68. The minimum absolute atomic E-state index is 0.0775. The van der Waals surface area contributed by atoms with Crippen molar-refractivity contribution in [3.8, 4) is 0 Å². The standard InChI is InChI=1S/C16H19N3OS/c1-10(2)8-19-15(14-9-21-11(3)17-14)18-13-7-5-4-6-12(13)16(19)20/h4-7,9-10,15,18H,8H2,1-3H3.